The number of rotatable bonds is 7. The van der Waals surface area contributed by atoms with Crippen LogP contribution in [0, 0.1) is 0 Å². The van der Waals surface area contributed by atoms with Crippen molar-refractivity contribution in [3.8, 4) is 5.69 Å². The van der Waals surface area contributed by atoms with E-state index in [1.54, 1.807) is 0 Å². The van der Waals surface area contributed by atoms with Crippen molar-refractivity contribution in [1.82, 2.24) is 9.55 Å². The van der Waals surface area contributed by atoms with Gasteiger partial charge in [-0.15, -0.1) is 0 Å². The summed E-state index contributed by atoms with van der Waals surface area (Å²) >= 11 is 0. The minimum atomic E-state index is -0.421. The average Bonchev–Trinajstić information content (AvgIpc) is 4.00. The van der Waals surface area contributed by atoms with E-state index >= 15 is 0 Å². The molecule has 2 aliphatic carbocycles. The maximum Gasteiger partial charge on any atom is 0.159 e. The van der Waals surface area contributed by atoms with Gasteiger partial charge in [-0.1, -0.05) is 176 Å². The van der Waals surface area contributed by atoms with Crippen LogP contribution < -0.4 is 5.73 Å². The maximum absolute atomic E-state index is 6.94. The van der Waals surface area contributed by atoms with Crippen LogP contribution in [0.4, 0.5) is 0 Å². The lowest BCUT2D eigenvalue weighted by Gasteiger charge is -2.36. The van der Waals surface area contributed by atoms with Gasteiger partial charge in [0.1, 0.15) is 5.84 Å². The molecule has 3 N–H and O–H groups in total. The highest BCUT2D eigenvalue weighted by atomic mass is 15.0. The van der Waals surface area contributed by atoms with Crippen molar-refractivity contribution in [1.29, 1.82) is 0 Å². The normalized spacial score (nSPS) is 15.0. The minimum Gasteiger partial charge on any atom is -0.383 e. The van der Waals surface area contributed by atoms with E-state index in [0.717, 1.165) is 51.7 Å². The first-order valence-electron chi connectivity index (χ1n) is 21.8. The number of aromatic amines is 1. The second-order valence-electron chi connectivity index (χ2n) is 16.6. The zero-order valence-corrected chi connectivity index (χ0v) is 34.7. The summed E-state index contributed by atoms with van der Waals surface area (Å²) in [6, 6.07) is 71.3. The Morgan fingerprint density at radius 3 is 2.05 bits per heavy atom. The quantitative estimate of drug-likeness (QED) is 0.122. The average molecular weight is 810 g/mol. The molecule has 2 aromatic heterocycles. The van der Waals surface area contributed by atoms with Crippen LogP contribution in [0.1, 0.15) is 46.2 Å². The third-order valence-corrected chi connectivity index (χ3v) is 13.3. The molecule has 0 saturated heterocycles. The number of fused-ring (bicyclic) bond motifs is 9. The van der Waals surface area contributed by atoms with E-state index in [0.29, 0.717) is 18.2 Å². The van der Waals surface area contributed by atoms with Gasteiger partial charge in [0, 0.05) is 38.2 Å². The predicted molar refractivity (Wildman–Crippen MR) is 262 cm³/mol. The van der Waals surface area contributed by atoms with Crippen LogP contribution in [0.3, 0.4) is 0 Å². The van der Waals surface area contributed by atoms with Gasteiger partial charge in [-0.05, 0) is 82.1 Å². The van der Waals surface area contributed by atoms with Gasteiger partial charge in [0.05, 0.1) is 34.2 Å². The van der Waals surface area contributed by atoms with Crippen molar-refractivity contribution in [2.75, 3.05) is 6.54 Å². The van der Waals surface area contributed by atoms with E-state index < -0.39 is 5.41 Å². The van der Waals surface area contributed by atoms with Crippen molar-refractivity contribution in [3.63, 3.8) is 0 Å². The lowest BCUT2D eigenvalue weighted by molar-refractivity contribution is 0.694. The molecular weight excluding hydrogens is 767 g/mol. The lowest BCUT2D eigenvalue weighted by Crippen LogP contribution is -2.30. The molecule has 10 aromatic rings. The van der Waals surface area contributed by atoms with Gasteiger partial charge in [-0.25, -0.2) is 4.99 Å². The largest absolute Gasteiger partial charge is 0.383 e. The van der Waals surface area contributed by atoms with Crippen LogP contribution in [0.2, 0.25) is 0 Å². The number of hydrogen-bond acceptors (Lipinski definition) is 1. The van der Waals surface area contributed by atoms with Crippen LogP contribution in [-0.4, -0.2) is 27.8 Å². The third kappa shape index (κ3) is 5.70. The molecule has 2 aliphatic rings. The van der Waals surface area contributed by atoms with Crippen molar-refractivity contribution in [2.24, 2.45) is 15.7 Å². The number of benzene rings is 8. The number of allylic oxidation sites excluding steroid dienone is 2. The van der Waals surface area contributed by atoms with E-state index in [4.69, 9.17) is 15.7 Å². The van der Waals surface area contributed by atoms with Crippen molar-refractivity contribution in [3.05, 3.63) is 251 Å². The highest BCUT2D eigenvalue weighted by Gasteiger charge is 2.48. The second-order valence-corrected chi connectivity index (χ2v) is 16.6. The fourth-order valence-corrected chi connectivity index (χ4v) is 10.7. The number of aliphatic imine (C=N–C) groups is 2. The summed E-state index contributed by atoms with van der Waals surface area (Å²) in [5.74, 6) is 1.00. The predicted octanol–water partition coefficient (Wildman–Crippen LogP) is 13.1. The summed E-state index contributed by atoms with van der Waals surface area (Å²) in [7, 11) is 0. The van der Waals surface area contributed by atoms with Crippen LogP contribution in [-0.2, 0) is 5.41 Å². The third-order valence-electron chi connectivity index (χ3n) is 13.3. The van der Waals surface area contributed by atoms with Gasteiger partial charge >= 0.3 is 0 Å². The molecule has 0 aliphatic heterocycles. The van der Waals surface area contributed by atoms with Crippen molar-refractivity contribution in [2.45, 2.75) is 18.3 Å². The molecule has 0 saturated carbocycles. The van der Waals surface area contributed by atoms with Gasteiger partial charge in [-0.2, -0.15) is 0 Å². The van der Waals surface area contributed by atoms with Crippen molar-refractivity contribution < 1.29 is 0 Å². The summed E-state index contributed by atoms with van der Waals surface area (Å²) in [5.41, 5.74) is 22.8. The highest BCUT2D eigenvalue weighted by molar-refractivity contribution is 6.25. The van der Waals surface area contributed by atoms with Gasteiger partial charge in [0.25, 0.3) is 0 Å². The van der Waals surface area contributed by atoms with E-state index in [9.17, 15) is 0 Å². The first-order valence-corrected chi connectivity index (χ1v) is 21.8. The standard InChI is InChI=1S/C58H43N5/c59-56(38-19-4-1-5-20-38)62-57(46-29-13-17-34-51(46)63-50-33-16-12-28-45(50)54-52(63)36-35-43-42-26-11-15-32-49(42)61-55(43)54)60-37-39-21-18-31-48-53(39)44-27-10-14-30-47(44)58(48,40-22-6-2-7-23-40)41-24-8-3-9-25-41/h1-17,19-30,32-36,61H,18,31,37H2,(H2,59,60,62). The number of nitrogens with one attached hydrogen (secondary N) is 1. The van der Waals surface area contributed by atoms with Gasteiger partial charge < -0.3 is 15.3 Å². The zero-order valence-electron chi connectivity index (χ0n) is 34.7. The van der Waals surface area contributed by atoms with E-state index in [1.165, 1.54) is 60.5 Å². The summed E-state index contributed by atoms with van der Waals surface area (Å²) in [4.78, 5) is 14.6. The van der Waals surface area contributed by atoms with Gasteiger partial charge in [0.15, 0.2) is 5.84 Å². The zero-order chi connectivity index (χ0) is 41.9. The summed E-state index contributed by atoms with van der Waals surface area (Å²) in [5, 5.41) is 4.80. The molecule has 5 nitrogen and oxygen atoms in total. The van der Waals surface area contributed by atoms with Gasteiger partial charge in [0.2, 0.25) is 0 Å². The first-order chi connectivity index (χ1) is 31.2. The molecule has 5 heteroatoms. The van der Waals surface area contributed by atoms with E-state index in [2.05, 4.69) is 185 Å². The molecule has 0 atom stereocenters. The van der Waals surface area contributed by atoms with E-state index in [-0.39, 0.29) is 0 Å². The molecule has 0 unspecified atom stereocenters. The molecule has 0 spiro atoms. The molecule has 12 rings (SSSR count). The molecule has 8 aromatic carbocycles. The lowest BCUT2D eigenvalue weighted by atomic mass is 9.65. The molecule has 2 heterocycles. The monoisotopic (exact) mass is 809 g/mol. The molecule has 0 bridgehead atoms. The smallest absolute Gasteiger partial charge is 0.159 e. The Morgan fingerprint density at radius 2 is 1.25 bits per heavy atom. The summed E-state index contributed by atoms with van der Waals surface area (Å²) in [6.45, 7) is 0.435. The molecule has 0 radical (unpaired) electrons. The Balaban J connectivity index is 1.06. The fourth-order valence-electron chi connectivity index (χ4n) is 10.7. The highest BCUT2D eigenvalue weighted by Crippen LogP contribution is 2.58. The Labute approximate surface area is 365 Å². The van der Waals surface area contributed by atoms with Crippen LogP contribution in [0.25, 0.3) is 54.9 Å². The Kier molecular flexibility index (Phi) is 8.68. The Bertz CT molecular complexity index is 3490. The molecule has 63 heavy (non-hydrogen) atoms. The molecule has 0 fully saturated rings. The number of nitrogens with zero attached hydrogens (tertiary/aromatic N) is 3. The topological polar surface area (TPSA) is 71.5 Å². The van der Waals surface area contributed by atoms with Crippen LogP contribution in [0.5, 0.6) is 0 Å². The van der Waals surface area contributed by atoms with E-state index in [1.807, 2.05) is 30.3 Å². The Hall–Kier alpha value is -8.02. The van der Waals surface area contributed by atoms with Crippen molar-refractivity contribution >= 4 is 60.9 Å². The second kappa shape index (κ2) is 14.9. The number of nitrogens with two attached hydrogens (primary N) is 1. The van der Waals surface area contributed by atoms with Gasteiger partial charge in [-0.3, -0.25) is 4.99 Å². The fraction of sp³-hybridized carbons (Fsp3) is 0.0690. The van der Waals surface area contributed by atoms with Crippen LogP contribution >= 0.6 is 0 Å². The number of para-hydroxylation sites is 3. The Morgan fingerprint density at radius 1 is 0.603 bits per heavy atom. The minimum absolute atomic E-state index is 0.419. The maximum atomic E-state index is 6.94. The number of H-pyrrole nitrogens is 1. The SMILES string of the molecule is NC(=NC(=NCC1=CCCC2=C1c1ccccc1C2(c1ccccc1)c1ccccc1)c1ccccc1-n1c2ccccc2c2c3[nH]c4ccccc4c3ccc21)c1ccccc1. The van der Waals surface area contributed by atoms with Crippen LogP contribution in [0.15, 0.2) is 227 Å². The molecule has 300 valence electrons. The first kappa shape index (κ1) is 36.8. The number of hydrogen-bond donors (Lipinski definition) is 2. The molecular formula is C58H43N5. The summed E-state index contributed by atoms with van der Waals surface area (Å²) < 4.78 is 2.37. The molecule has 0 amide bonds. The number of amidine groups is 2. The summed E-state index contributed by atoms with van der Waals surface area (Å²) in [6.07, 6.45) is 4.27. The number of aromatic nitrogens is 2.